The zero-order chi connectivity index (χ0) is 12.5. The summed E-state index contributed by atoms with van der Waals surface area (Å²) in [6.45, 7) is 0. The average Bonchev–Trinajstić information content (AvgIpc) is 2.39. The van der Waals surface area contributed by atoms with Crippen LogP contribution in [0.15, 0.2) is 46.9 Å². The van der Waals surface area contributed by atoms with Crippen LogP contribution < -0.4 is 5.32 Å². The summed E-state index contributed by atoms with van der Waals surface area (Å²) < 4.78 is 14.7. The van der Waals surface area contributed by atoms with Crippen molar-refractivity contribution in [1.82, 2.24) is 0 Å². The maximum absolute atomic E-state index is 13.9. The van der Waals surface area contributed by atoms with Gasteiger partial charge in [-0.3, -0.25) is 0 Å². The molecule has 92 valence electrons. The van der Waals surface area contributed by atoms with Crippen LogP contribution >= 0.6 is 15.9 Å². The lowest BCUT2D eigenvalue weighted by molar-refractivity contribution is 0.601. The highest BCUT2D eigenvalue weighted by atomic mass is 79.9. The fourth-order valence-electron chi connectivity index (χ4n) is 2.47. The number of hydrogen-bond donors (Lipinski definition) is 1. The van der Waals surface area contributed by atoms with E-state index in [9.17, 15) is 4.39 Å². The number of rotatable bonds is 1. The van der Waals surface area contributed by atoms with Crippen LogP contribution in [0.5, 0.6) is 0 Å². The second-order valence-electron chi connectivity index (χ2n) is 4.57. The van der Waals surface area contributed by atoms with E-state index in [0.29, 0.717) is 5.69 Å². The third-order valence-corrected chi connectivity index (χ3v) is 3.82. The number of benzene rings is 2. The first kappa shape index (κ1) is 11.7. The molecule has 2 aromatic carbocycles. The number of aryl methyl sites for hydroxylation is 1. The molecule has 1 heterocycles. The van der Waals surface area contributed by atoms with Gasteiger partial charge in [0.15, 0.2) is 0 Å². The quantitative estimate of drug-likeness (QED) is 0.806. The van der Waals surface area contributed by atoms with Crippen LogP contribution in [0.25, 0.3) is 0 Å². The van der Waals surface area contributed by atoms with E-state index in [0.717, 1.165) is 22.9 Å². The summed E-state index contributed by atoms with van der Waals surface area (Å²) >= 11 is 3.33. The van der Waals surface area contributed by atoms with Gasteiger partial charge in [0.25, 0.3) is 0 Å². The third-order valence-electron chi connectivity index (χ3n) is 3.36. The van der Waals surface area contributed by atoms with E-state index in [4.69, 9.17) is 0 Å². The second-order valence-corrected chi connectivity index (χ2v) is 5.48. The summed E-state index contributed by atoms with van der Waals surface area (Å²) in [6.07, 6.45) is 1.89. The zero-order valence-corrected chi connectivity index (χ0v) is 11.4. The van der Waals surface area contributed by atoms with Crippen molar-refractivity contribution < 1.29 is 4.39 Å². The summed E-state index contributed by atoms with van der Waals surface area (Å²) in [7, 11) is 0. The van der Waals surface area contributed by atoms with Crippen LogP contribution in [0.4, 0.5) is 10.1 Å². The largest absolute Gasteiger partial charge is 0.376 e. The Balaban J connectivity index is 1.94. The van der Waals surface area contributed by atoms with Gasteiger partial charge in [0, 0.05) is 4.47 Å². The first-order valence-electron chi connectivity index (χ1n) is 6.03. The van der Waals surface area contributed by atoms with Gasteiger partial charge in [-0.15, -0.1) is 0 Å². The third kappa shape index (κ3) is 2.15. The van der Waals surface area contributed by atoms with Gasteiger partial charge in [0.2, 0.25) is 0 Å². The van der Waals surface area contributed by atoms with Gasteiger partial charge in [-0.05, 0) is 36.1 Å². The van der Waals surface area contributed by atoms with Gasteiger partial charge < -0.3 is 5.32 Å². The topological polar surface area (TPSA) is 12.0 Å². The summed E-state index contributed by atoms with van der Waals surface area (Å²) in [4.78, 5) is 0. The number of anilines is 1. The number of nitrogens with one attached hydrogen (secondary N) is 1. The molecule has 3 heteroatoms. The minimum atomic E-state index is -0.181. The molecule has 0 bridgehead atoms. The number of hydrogen-bond acceptors (Lipinski definition) is 1. The van der Waals surface area contributed by atoms with E-state index < -0.39 is 0 Å². The predicted octanol–water partition coefficient (Wildman–Crippen LogP) is 4.69. The van der Waals surface area contributed by atoms with E-state index >= 15 is 0 Å². The Hall–Kier alpha value is -1.35. The smallest absolute Gasteiger partial charge is 0.147 e. The van der Waals surface area contributed by atoms with Gasteiger partial charge in [0.05, 0.1) is 11.7 Å². The van der Waals surface area contributed by atoms with Gasteiger partial charge in [0.1, 0.15) is 5.82 Å². The predicted molar refractivity (Wildman–Crippen MR) is 75.2 cm³/mol. The van der Waals surface area contributed by atoms with Gasteiger partial charge in [-0.2, -0.15) is 0 Å². The van der Waals surface area contributed by atoms with Crippen molar-refractivity contribution in [1.29, 1.82) is 0 Å². The van der Waals surface area contributed by atoms with E-state index in [2.05, 4.69) is 33.4 Å². The summed E-state index contributed by atoms with van der Waals surface area (Å²) in [5.41, 5.74) is 2.91. The maximum atomic E-state index is 13.9. The lowest BCUT2D eigenvalue weighted by Crippen LogP contribution is -2.19. The first-order chi connectivity index (χ1) is 8.74. The molecule has 0 fully saturated rings. The van der Waals surface area contributed by atoms with Crippen LogP contribution in [0.1, 0.15) is 23.6 Å². The molecule has 0 spiro atoms. The second kappa shape index (κ2) is 4.73. The molecule has 0 radical (unpaired) electrons. The molecule has 1 atom stereocenters. The van der Waals surface area contributed by atoms with E-state index in [1.165, 1.54) is 11.6 Å². The van der Waals surface area contributed by atoms with Crippen LogP contribution in [0.2, 0.25) is 0 Å². The Morgan fingerprint density at radius 1 is 1.17 bits per heavy atom. The highest BCUT2D eigenvalue weighted by Gasteiger charge is 2.21. The van der Waals surface area contributed by atoms with Crippen molar-refractivity contribution in [3.63, 3.8) is 0 Å². The molecule has 0 saturated carbocycles. The SMILES string of the molecule is Fc1cc(Br)cc2c1N[C@@H](c1ccccc1)CC2. The molecular weight excluding hydrogens is 293 g/mol. The summed E-state index contributed by atoms with van der Waals surface area (Å²) in [5.74, 6) is -0.181. The Kier molecular flexibility index (Phi) is 3.08. The van der Waals surface area contributed by atoms with Crippen LogP contribution in [-0.4, -0.2) is 0 Å². The van der Waals surface area contributed by atoms with Gasteiger partial charge in [-0.1, -0.05) is 46.3 Å². The number of fused-ring (bicyclic) bond motifs is 1. The fraction of sp³-hybridized carbons (Fsp3) is 0.200. The molecule has 0 unspecified atom stereocenters. The summed E-state index contributed by atoms with van der Waals surface area (Å²) in [5, 5.41) is 3.31. The lowest BCUT2D eigenvalue weighted by atomic mass is 9.93. The maximum Gasteiger partial charge on any atom is 0.147 e. The molecule has 1 nitrogen and oxygen atoms in total. The van der Waals surface area contributed by atoms with Crippen molar-refractivity contribution in [3.05, 3.63) is 63.9 Å². The van der Waals surface area contributed by atoms with E-state index in [1.807, 2.05) is 24.3 Å². The van der Waals surface area contributed by atoms with E-state index in [1.54, 1.807) is 0 Å². The zero-order valence-electron chi connectivity index (χ0n) is 9.79. The lowest BCUT2D eigenvalue weighted by Gasteiger charge is -2.28. The molecule has 1 aliphatic heterocycles. The minimum absolute atomic E-state index is 0.181. The van der Waals surface area contributed by atoms with Crippen LogP contribution in [0, 0.1) is 5.82 Å². The minimum Gasteiger partial charge on any atom is -0.376 e. The Bertz CT molecular complexity index is 568. The van der Waals surface area contributed by atoms with Crippen molar-refractivity contribution in [2.24, 2.45) is 0 Å². The molecule has 2 aromatic rings. The molecule has 1 N–H and O–H groups in total. The average molecular weight is 306 g/mol. The van der Waals surface area contributed by atoms with Crippen molar-refractivity contribution in [2.45, 2.75) is 18.9 Å². The Morgan fingerprint density at radius 3 is 2.72 bits per heavy atom. The van der Waals surface area contributed by atoms with Crippen molar-refractivity contribution in [2.75, 3.05) is 5.32 Å². The van der Waals surface area contributed by atoms with Crippen molar-refractivity contribution in [3.8, 4) is 0 Å². The molecular formula is C15H13BrFN. The Morgan fingerprint density at radius 2 is 1.94 bits per heavy atom. The first-order valence-corrected chi connectivity index (χ1v) is 6.83. The van der Waals surface area contributed by atoms with Gasteiger partial charge in [-0.25, -0.2) is 4.39 Å². The van der Waals surface area contributed by atoms with E-state index in [-0.39, 0.29) is 11.9 Å². The van der Waals surface area contributed by atoms with Crippen molar-refractivity contribution >= 4 is 21.6 Å². The number of halogens is 2. The van der Waals surface area contributed by atoms with Gasteiger partial charge >= 0.3 is 0 Å². The fourth-order valence-corrected chi connectivity index (χ4v) is 2.94. The standard InChI is InChI=1S/C15H13BrFN/c16-12-8-11-6-7-14(10-4-2-1-3-5-10)18-15(11)13(17)9-12/h1-5,8-9,14,18H,6-7H2/t14-/m1/s1. The monoisotopic (exact) mass is 305 g/mol. The molecule has 0 aliphatic carbocycles. The normalized spacial score (nSPS) is 18.0. The highest BCUT2D eigenvalue weighted by molar-refractivity contribution is 9.10. The molecule has 0 aromatic heterocycles. The van der Waals surface area contributed by atoms with Crippen LogP contribution in [0.3, 0.4) is 0 Å². The molecule has 18 heavy (non-hydrogen) atoms. The molecule has 1 aliphatic rings. The highest BCUT2D eigenvalue weighted by Crippen LogP contribution is 2.35. The molecule has 0 saturated heterocycles. The van der Waals surface area contributed by atoms with Crippen LogP contribution in [-0.2, 0) is 6.42 Å². The molecule has 3 rings (SSSR count). The molecule has 0 amide bonds. The summed E-state index contributed by atoms with van der Waals surface area (Å²) in [6, 6.07) is 13.9. The Labute approximate surface area is 114 Å².